The number of pyridine rings is 1. The Hall–Kier alpha value is -1.46. The number of rotatable bonds is 3. The van der Waals surface area contributed by atoms with Gasteiger partial charge in [0.1, 0.15) is 0 Å². The van der Waals surface area contributed by atoms with Gasteiger partial charge in [0.2, 0.25) is 0 Å². The summed E-state index contributed by atoms with van der Waals surface area (Å²) in [5.41, 5.74) is 12.6. The number of methoxy groups -OCH3 is 1. The van der Waals surface area contributed by atoms with Gasteiger partial charge < -0.3 is 16.2 Å². The fourth-order valence-electron chi connectivity index (χ4n) is 1.09. The van der Waals surface area contributed by atoms with Crippen LogP contribution in [0.2, 0.25) is 0 Å². The van der Waals surface area contributed by atoms with E-state index in [1.807, 2.05) is 0 Å². The number of carbonyl (C=O) groups excluding carboxylic acids is 1. The molecule has 0 aliphatic carbocycles. The van der Waals surface area contributed by atoms with Crippen molar-refractivity contribution in [3.8, 4) is 0 Å². The van der Waals surface area contributed by atoms with Crippen LogP contribution in [0.3, 0.4) is 0 Å². The molecule has 5 nitrogen and oxygen atoms in total. The zero-order valence-electron chi connectivity index (χ0n) is 7.99. The van der Waals surface area contributed by atoms with Gasteiger partial charge in [-0.2, -0.15) is 0 Å². The first-order valence-electron chi connectivity index (χ1n) is 4.19. The molecule has 0 fully saturated rings. The first-order chi connectivity index (χ1) is 6.71. The molecule has 0 saturated heterocycles. The van der Waals surface area contributed by atoms with E-state index in [2.05, 4.69) is 9.72 Å². The van der Waals surface area contributed by atoms with E-state index in [1.165, 1.54) is 7.11 Å². The van der Waals surface area contributed by atoms with Crippen LogP contribution in [0.25, 0.3) is 0 Å². The monoisotopic (exact) mass is 195 g/mol. The third-order valence-corrected chi connectivity index (χ3v) is 1.77. The molecule has 0 radical (unpaired) electrons. The summed E-state index contributed by atoms with van der Waals surface area (Å²) in [5, 5.41) is 0. The zero-order valence-corrected chi connectivity index (χ0v) is 7.99. The van der Waals surface area contributed by atoms with E-state index in [4.69, 9.17) is 11.5 Å². The molecule has 0 atom stereocenters. The number of nitrogens with zero attached hydrogens (tertiary/aromatic N) is 1. The molecule has 14 heavy (non-hydrogen) atoms. The van der Waals surface area contributed by atoms with Crippen molar-refractivity contribution in [2.45, 2.75) is 13.1 Å². The van der Waals surface area contributed by atoms with E-state index in [0.29, 0.717) is 17.0 Å². The molecule has 0 spiro atoms. The Bertz CT molecular complexity index is 317. The van der Waals surface area contributed by atoms with Crippen LogP contribution in [0.15, 0.2) is 12.1 Å². The Morgan fingerprint density at radius 3 is 2.21 bits per heavy atom. The van der Waals surface area contributed by atoms with Crippen LogP contribution in [-0.2, 0) is 17.8 Å². The van der Waals surface area contributed by atoms with Gasteiger partial charge in [-0.3, -0.25) is 4.98 Å². The molecule has 1 aromatic heterocycles. The lowest BCUT2D eigenvalue weighted by Gasteiger charge is -2.04. The summed E-state index contributed by atoms with van der Waals surface area (Å²) >= 11 is 0. The van der Waals surface area contributed by atoms with Crippen LogP contribution < -0.4 is 11.5 Å². The average molecular weight is 195 g/mol. The van der Waals surface area contributed by atoms with Crippen LogP contribution in [0, 0.1) is 0 Å². The van der Waals surface area contributed by atoms with Gasteiger partial charge in [0, 0.05) is 13.1 Å². The second-order valence-corrected chi connectivity index (χ2v) is 2.74. The third-order valence-electron chi connectivity index (χ3n) is 1.77. The van der Waals surface area contributed by atoms with Crippen molar-refractivity contribution >= 4 is 5.97 Å². The highest BCUT2D eigenvalue weighted by molar-refractivity contribution is 5.89. The van der Waals surface area contributed by atoms with Gasteiger partial charge >= 0.3 is 5.97 Å². The van der Waals surface area contributed by atoms with E-state index in [-0.39, 0.29) is 13.1 Å². The van der Waals surface area contributed by atoms with Gasteiger partial charge in [-0.1, -0.05) is 0 Å². The summed E-state index contributed by atoms with van der Waals surface area (Å²) < 4.78 is 4.59. The van der Waals surface area contributed by atoms with Gasteiger partial charge in [-0.15, -0.1) is 0 Å². The molecule has 0 bridgehead atoms. The van der Waals surface area contributed by atoms with Crippen molar-refractivity contribution in [2.75, 3.05) is 7.11 Å². The number of hydrogen-bond donors (Lipinski definition) is 2. The maximum absolute atomic E-state index is 11.2. The second kappa shape index (κ2) is 4.69. The van der Waals surface area contributed by atoms with E-state index in [9.17, 15) is 4.79 Å². The first kappa shape index (κ1) is 10.6. The summed E-state index contributed by atoms with van der Waals surface area (Å²) in [5.74, 6) is -0.406. The standard InChI is InChI=1S/C9H13N3O2/c1-14-9(13)6-2-7(4-10)12-8(3-6)5-11/h2-3H,4-5,10-11H2,1H3. The minimum Gasteiger partial charge on any atom is -0.465 e. The largest absolute Gasteiger partial charge is 0.465 e. The molecule has 4 N–H and O–H groups in total. The number of ether oxygens (including phenoxy) is 1. The van der Waals surface area contributed by atoms with Crippen LogP contribution >= 0.6 is 0 Å². The first-order valence-corrected chi connectivity index (χ1v) is 4.19. The lowest BCUT2D eigenvalue weighted by Crippen LogP contribution is -2.10. The van der Waals surface area contributed by atoms with Crippen molar-refractivity contribution in [1.82, 2.24) is 4.98 Å². The van der Waals surface area contributed by atoms with Gasteiger partial charge in [0.05, 0.1) is 24.1 Å². The molecule has 1 rings (SSSR count). The highest BCUT2D eigenvalue weighted by atomic mass is 16.5. The fourth-order valence-corrected chi connectivity index (χ4v) is 1.09. The number of carbonyl (C=O) groups is 1. The molecule has 0 aromatic carbocycles. The predicted octanol–water partition coefficient (Wildman–Crippen LogP) is -0.214. The number of aromatic nitrogens is 1. The number of hydrogen-bond acceptors (Lipinski definition) is 5. The molecule has 0 unspecified atom stereocenters. The van der Waals surface area contributed by atoms with Crippen LogP contribution in [0.4, 0.5) is 0 Å². The minimum atomic E-state index is -0.406. The topological polar surface area (TPSA) is 91.2 Å². The molecule has 1 heterocycles. The molecular weight excluding hydrogens is 182 g/mol. The van der Waals surface area contributed by atoms with Crippen molar-refractivity contribution in [2.24, 2.45) is 11.5 Å². The van der Waals surface area contributed by atoms with E-state index in [1.54, 1.807) is 12.1 Å². The Kier molecular flexibility index (Phi) is 3.55. The van der Waals surface area contributed by atoms with E-state index >= 15 is 0 Å². The minimum absolute atomic E-state index is 0.276. The second-order valence-electron chi connectivity index (χ2n) is 2.74. The normalized spacial score (nSPS) is 9.93. The third kappa shape index (κ3) is 2.27. The summed E-state index contributed by atoms with van der Waals surface area (Å²) in [6.45, 7) is 0.551. The number of nitrogens with two attached hydrogens (primary N) is 2. The van der Waals surface area contributed by atoms with Gasteiger partial charge in [0.25, 0.3) is 0 Å². The van der Waals surface area contributed by atoms with Gasteiger partial charge in [-0.25, -0.2) is 4.79 Å². The van der Waals surface area contributed by atoms with E-state index in [0.717, 1.165) is 0 Å². The smallest absolute Gasteiger partial charge is 0.337 e. The molecule has 0 aliphatic rings. The molecule has 1 aromatic rings. The zero-order chi connectivity index (χ0) is 10.6. The summed E-state index contributed by atoms with van der Waals surface area (Å²) in [6, 6.07) is 3.20. The van der Waals surface area contributed by atoms with Gasteiger partial charge in [-0.05, 0) is 12.1 Å². The predicted molar refractivity (Wildman–Crippen MR) is 51.4 cm³/mol. The summed E-state index contributed by atoms with van der Waals surface area (Å²) in [4.78, 5) is 15.3. The van der Waals surface area contributed by atoms with Crippen molar-refractivity contribution in [1.29, 1.82) is 0 Å². The van der Waals surface area contributed by atoms with Crippen LogP contribution in [-0.4, -0.2) is 18.1 Å². The molecule has 0 aliphatic heterocycles. The summed E-state index contributed by atoms with van der Waals surface area (Å²) in [6.07, 6.45) is 0. The van der Waals surface area contributed by atoms with Crippen LogP contribution in [0.1, 0.15) is 21.7 Å². The molecule has 0 amide bonds. The molecular formula is C9H13N3O2. The molecule has 5 heteroatoms. The SMILES string of the molecule is COC(=O)c1cc(CN)nc(CN)c1. The Morgan fingerprint density at radius 1 is 1.36 bits per heavy atom. The average Bonchev–Trinajstić information content (AvgIpc) is 2.27. The Labute approximate surface area is 82.1 Å². The maximum atomic E-state index is 11.2. The number of esters is 1. The quantitative estimate of drug-likeness (QED) is 0.651. The lowest BCUT2D eigenvalue weighted by molar-refractivity contribution is 0.0600. The van der Waals surface area contributed by atoms with E-state index < -0.39 is 5.97 Å². The van der Waals surface area contributed by atoms with Crippen molar-refractivity contribution in [3.05, 3.63) is 29.1 Å². The van der Waals surface area contributed by atoms with Crippen LogP contribution in [0.5, 0.6) is 0 Å². The highest BCUT2D eigenvalue weighted by Gasteiger charge is 2.08. The highest BCUT2D eigenvalue weighted by Crippen LogP contribution is 2.07. The lowest BCUT2D eigenvalue weighted by atomic mass is 10.2. The Balaban J connectivity index is 3.10. The Morgan fingerprint density at radius 2 is 1.86 bits per heavy atom. The maximum Gasteiger partial charge on any atom is 0.337 e. The fraction of sp³-hybridized carbons (Fsp3) is 0.333. The summed E-state index contributed by atoms with van der Waals surface area (Å²) in [7, 11) is 1.33. The van der Waals surface area contributed by atoms with Gasteiger partial charge in [0.15, 0.2) is 0 Å². The molecule has 0 saturated carbocycles. The molecule has 76 valence electrons. The van der Waals surface area contributed by atoms with Crippen molar-refractivity contribution in [3.63, 3.8) is 0 Å². The van der Waals surface area contributed by atoms with Crippen molar-refractivity contribution < 1.29 is 9.53 Å².